The molecule has 0 spiro atoms. The first-order valence-corrected chi connectivity index (χ1v) is 10.4. The van der Waals surface area contributed by atoms with Gasteiger partial charge >= 0.3 is 0 Å². The standard InChI is InChI=1S/C17H12BrN5OS2/c1-25-17-22-21-16(26-17)20-15(24)11-4-2-10(3-5-11)13-8-19-14-7-6-12(18)9-23(13)14/h2-9H,1H3,(H,20,21,24). The normalized spacial score (nSPS) is 11.0. The molecular weight excluding hydrogens is 434 g/mol. The number of thioether (sulfide) groups is 1. The summed E-state index contributed by atoms with van der Waals surface area (Å²) in [7, 11) is 0. The summed E-state index contributed by atoms with van der Waals surface area (Å²) in [4.78, 5) is 16.8. The van der Waals surface area contributed by atoms with Crippen LogP contribution >= 0.6 is 39.0 Å². The van der Waals surface area contributed by atoms with Gasteiger partial charge in [0.1, 0.15) is 5.65 Å². The average molecular weight is 446 g/mol. The van der Waals surface area contributed by atoms with Gasteiger partial charge in [-0.1, -0.05) is 35.2 Å². The molecule has 0 radical (unpaired) electrons. The zero-order valence-electron chi connectivity index (χ0n) is 13.5. The zero-order chi connectivity index (χ0) is 18.1. The van der Waals surface area contributed by atoms with E-state index in [4.69, 9.17) is 0 Å². The number of pyridine rings is 1. The Balaban J connectivity index is 1.57. The summed E-state index contributed by atoms with van der Waals surface area (Å²) >= 11 is 6.33. The first kappa shape index (κ1) is 17.2. The van der Waals surface area contributed by atoms with Gasteiger partial charge in [0.2, 0.25) is 5.13 Å². The third-order valence-corrected chi connectivity index (χ3v) is 6.00. The first-order valence-electron chi connectivity index (χ1n) is 7.56. The van der Waals surface area contributed by atoms with Gasteiger partial charge in [0.25, 0.3) is 5.91 Å². The smallest absolute Gasteiger partial charge is 0.257 e. The second kappa shape index (κ2) is 7.18. The first-order chi connectivity index (χ1) is 12.6. The molecule has 6 nitrogen and oxygen atoms in total. The second-order valence-electron chi connectivity index (χ2n) is 5.33. The van der Waals surface area contributed by atoms with Gasteiger partial charge in [-0.15, -0.1) is 10.2 Å². The third-order valence-electron chi connectivity index (χ3n) is 3.71. The summed E-state index contributed by atoms with van der Waals surface area (Å²) in [5, 5.41) is 11.2. The van der Waals surface area contributed by atoms with Crippen LogP contribution in [0.5, 0.6) is 0 Å². The topological polar surface area (TPSA) is 72.2 Å². The van der Waals surface area contributed by atoms with Crippen molar-refractivity contribution in [2.45, 2.75) is 4.34 Å². The Labute approximate surface area is 165 Å². The van der Waals surface area contributed by atoms with E-state index in [9.17, 15) is 4.79 Å². The predicted molar refractivity (Wildman–Crippen MR) is 108 cm³/mol. The molecule has 0 fully saturated rings. The van der Waals surface area contributed by atoms with Crippen LogP contribution in [0.1, 0.15) is 10.4 Å². The SMILES string of the molecule is CSc1nnc(NC(=O)c2ccc(-c3cnc4ccc(Br)cn34)cc2)s1. The molecule has 1 amide bonds. The summed E-state index contributed by atoms with van der Waals surface area (Å²) < 4.78 is 3.79. The van der Waals surface area contributed by atoms with E-state index in [0.29, 0.717) is 10.7 Å². The number of carbonyl (C=O) groups excluding carboxylic acids is 1. The van der Waals surface area contributed by atoms with E-state index in [-0.39, 0.29) is 5.91 Å². The van der Waals surface area contributed by atoms with Crippen LogP contribution in [0, 0.1) is 0 Å². The average Bonchev–Trinajstić information content (AvgIpc) is 3.28. The van der Waals surface area contributed by atoms with E-state index in [1.807, 2.05) is 47.3 Å². The summed E-state index contributed by atoms with van der Waals surface area (Å²) in [5.41, 5.74) is 3.37. The summed E-state index contributed by atoms with van der Waals surface area (Å²) in [6.07, 6.45) is 5.71. The molecule has 1 aromatic carbocycles. The number of halogens is 1. The van der Waals surface area contributed by atoms with Crippen LogP contribution in [0.15, 0.2) is 57.6 Å². The van der Waals surface area contributed by atoms with Crippen molar-refractivity contribution < 1.29 is 4.79 Å². The van der Waals surface area contributed by atoms with Crippen LogP contribution in [0.2, 0.25) is 0 Å². The Morgan fingerprint density at radius 2 is 2.00 bits per heavy atom. The second-order valence-corrected chi connectivity index (χ2v) is 8.27. The molecule has 4 aromatic rings. The molecule has 26 heavy (non-hydrogen) atoms. The number of benzene rings is 1. The molecule has 3 aromatic heterocycles. The highest BCUT2D eigenvalue weighted by molar-refractivity contribution is 9.10. The Hall–Kier alpha value is -2.23. The molecule has 0 aliphatic rings. The van der Waals surface area contributed by atoms with Crippen molar-refractivity contribution in [1.29, 1.82) is 0 Å². The molecule has 130 valence electrons. The van der Waals surface area contributed by atoms with Crippen LogP contribution in [0.25, 0.3) is 16.9 Å². The van der Waals surface area contributed by atoms with Crippen LogP contribution in [0.4, 0.5) is 5.13 Å². The van der Waals surface area contributed by atoms with Gasteiger partial charge in [0.15, 0.2) is 4.34 Å². The van der Waals surface area contributed by atoms with Crippen molar-refractivity contribution in [3.63, 3.8) is 0 Å². The minimum absolute atomic E-state index is 0.207. The highest BCUT2D eigenvalue weighted by Crippen LogP contribution is 2.25. The number of aromatic nitrogens is 4. The lowest BCUT2D eigenvalue weighted by Gasteiger charge is -2.05. The maximum absolute atomic E-state index is 12.4. The minimum atomic E-state index is -0.207. The maximum atomic E-state index is 12.4. The number of imidazole rings is 1. The Morgan fingerprint density at radius 1 is 1.19 bits per heavy atom. The Morgan fingerprint density at radius 3 is 2.73 bits per heavy atom. The predicted octanol–water partition coefficient (Wildman–Crippen LogP) is 4.59. The highest BCUT2D eigenvalue weighted by atomic mass is 79.9. The van der Waals surface area contributed by atoms with Crippen molar-refractivity contribution in [2.75, 3.05) is 11.6 Å². The van der Waals surface area contributed by atoms with E-state index in [1.165, 1.54) is 23.1 Å². The summed E-state index contributed by atoms with van der Waals surface area (Å²) in [6, 6.07) is 11.3. The van der Waals surface area contributed by atoms with E-state index in [1.54, 1.807) is 12.1 Å². The monoisotopic (exact) mass is 445 g/mol. The molecule has 0 unspecified atom stereocenters. The lowest BCUT2D eigenvalue weighted by atomic mass is 10.1. The van der Waals surface area contributed by atoms with E-state index in [0.717, 1.165) is 25.7 Å². The molecular formula is C17H12BrN5OS2. The van der Waals surface area contributed by atoms with Crippen LogP contribution in [0.3, 0.4) is 0 Å². The molecule has 3 heterocycles. The van der Waals surface area contributed by atoms with Gasteiger partial charge in [-0.25, -0.2) is 4.98 Å². The number of anilines is 1. The van der Waals surface area contributed by atoms with E-state index < -0.39 is 0 Å². The molecule has 0 aliphatic heterocycles. The van der Waals surface area contributed by atoms with Gasteiger partial charge in [-0.2, -0.15) is 0 Å². The number of nitrogens with zero attached hydrogens (tertiary/aromatic N) is 4. The van der Waals surface area contributed by atoms with Crippen molar-refractivity contribution in [3.05, 3.63) is 58.8 Å². The van der Waals surface area contributed by atoms with E-state index >= 15 is 0 Å². The van der Waals surface area contributed by atoms with Gasteiger partial charge in [0, 0.05) is 21.8 Å². The number of hydrogen-bond acceptors (Lipinski definition) is 6. The quantitative estimate of drug-likeness (QED) is 0.367. The largest absolute Gasteiger partial charge is 0.299 e. The number of nitrogens with one attached hydrogen (secondary N) is 1. The minimum Gasteiger partial charge on any atom is -0.299 e. The summed E-state index contributed by atoms with van der Waals surface area (Å²) in [5.74, 6) is -0.207. The number of hydrogen-bond donors (Lipinski definition) is 1. The van der Waals surface area contributed by atoms with Crippen molar-refractivity contribution in [1.82, 2.24) is 19.6 Å². The highest BCUT2D eigenvalue weighted by Gasteiger charge is 2.11. The van der Waals surface area contributed by atoms with Gasteiger partial charge < -0.3 is 0 Å². The third kappa shape index (κ3) is 3.37. The maximum Gasteiger partial charge on any atom is 0.257 e. The number of amides is 1. The fourth-order valence-corrected chi connectivity index (χ4v) is 3.97. The van der Waals surface area contributed by atoms with Crippen molar-refractivity contribution in [3.8, 4) is 11.3 Å². The molecule has 0 saturated carbocycles. The van der Waals surface area contributed by atoms with Crippen LogP contribution in [-0.2, 0) is 0 Å². The Bertz CT molecular complexity index is 1090. The molecule has 9 heteroatoms. The van der Waals surface area contributed by atoms with Gasteiger partial charge in [0.05, 0.1) is 11.9 Å². The molecule has 0 saturated heterocycles. The molecule has 4 rings (SSSR count). The van der Waals surface area contributed by atoms with Crippen molar-refractivity contribution >= 4 is 55.7 Å². The number of fused-ring (bicyclic) bond motifs is 1. The van der Waals surface area contributed by atoms with E-state index in [2.05, 4.69) is 36.4 Å². The van der Waals surface area contributed by atoms with Crippen LogP contribution in [-0.4, -0.2) is 31.7 Å². The fraction of sp³-hybridized carbons (Fsp3) is 0.0588. The molecule has 0 aliphatic carbocycles. The fourth-order valence-electron chi connectivity index (χ4n) is 2.47. The lowest BCUT2D eigenvalue weighted by molar-refractivity contribution is 0.102. The summed E-state index contributed by atoms with van der Waals surface area (Å²) in [6.45, 7) is 0. The Kier molecular flexibility index (Phi) is 4.75. The number of rotatable bonds is 4. The van der Waals surface area contributed by atoms with Crippen LogP contribution < -0.4 is 5.32 Å². The van der Waals surface area contributed by atoms with Gasteiger partial charge in [-0.3, -0.25) is 14.5 Å². The zero-order valence-corrected chi connectivity index (χ0v) is 16.7. The number of carbonyl (C=O) groups is 1. The van der Waals surface area contributed by atoms with Crippen molar-refractivity contribution in [2.24, 2.45) is 0 Å². The molecule has 1 N–H and O–H groups in total. The molecule has 0 atom stereocenters. The molecule has 0 bridgehead atoms. The lowest BCUT2D eigenvalue weighted by Crippen LogP contribution is -2.11. The van der Waals surface area contributed by atoms with Gasteiger partial charge in [-0.05, 0) is 46.5 Å².